The third-order valence-corrected chi connectivity index (χ3v) is 4.70. The zero-order valence-corrected chi connectivity index (χ0v) is 14.5. The van der Waals surface area contributed by atoms with Crippen molar-refractivity contribution in [2.45, 2.75) is 30.8 Å². The van der Waals surface area contributed by atoms with Crippen LogP contribution in [-0.2, 0) is 4.74 Å². The highest BCUT2D eigenvalue weighted by molar-refractivity contribution is 5.94. The average molecular weight is 357 g/mol. The van der Waals surface area contributed by atoms with Gasteiger partial charge in [-0.25, -0.2) is 0 Å². The minimum absolute atomic E-state index is 0.132. The van der Waals surface area contributed by atoms with E-state index < -0.39 is 24.4 Å². The maximum absolute atomic E-state index is 11.6. The second kappa shape index (κ2) is 7.97. The number of hydrogen-bond donors (Lipinski definition) is 4. The molecule has 2 aromatic carbocycles. The second-order valence-electron chi connectivity index (χ2n) is 6.43. The lowest BCUT2D eigenvalue weighted by atomic mass is 9.92. The van der Waals surface area contributed by atoms with Gasteiger partial charge in [-0.05, 0) is 28.8 Å². The zero-order valence-electron chi connectivity index (χ0n) is 14.5. The summed E-state index contributed by atoms with van der Waals surface area (Å²) in [6, 6.07) is 14.7. The standard InChI is InChI=1S/C20H23NO5/c1-21-20(25)15-8-4-13(5-9-15)12-2-6-14(7-3-12)19-18(24)17(23)10-16(11-22)26-19/h2-9,16-19,22-24H,10-11H2,1H3,(H,21,25)/t16?,17?,18?,19-/m1/s1. The van der Waals surface area contributed by atoms with Crippen LogP contribution in [0.25, 0.3) is 11.1 Å². The van der Waals surface area contributed by atoms with Crippen molar-refractivity contribution in [3.05, 3.63) is 59.7 Å². The van der Waals surface area contributed by atoms with Crippen LogP contribution in [0.2, 0.25) is 0 Å². The lowest BCUT2D eigenvalue weighted by Crippen LogP contribution is -2.44. The van der Waals surface area contributed by atoms with Gasteiger partial charge in [-0.15, -0.1) is 0 Å². The third kappa shape index (κ3) is 3.78. The van der Waals surface area contributed by atoms with E-state index in [0.29, 0.717) is 5.56 Å². The summed E-state index contributed by atoms with van der Waals surface area (Å²) in [5.74, 6) is -0.132. The molecule has 26 heavy (non-hydrogen) atoms. The quantitative estimate of drug-likeness (QED) is 0.660. The molecule has 0 spiro atoms. The molecule has 0 aliphatic carbocycles. The maximum Gasteiger partial charge on any atom is 0.251 e. The van der Waals surface area contributed by atoms with E-state index in [1.165, 1.54) is 0 Å². The number of nitrogens with one attached hydrogen (secondary N) is 1. The minimum atomic E-state index is -1.03. The Morgan fingerprint density at radius 2 is 1.65 bits per heavy atom. The molecule has 1 aliphatic rings. The Hall–Kier alpha value is -2.25. The van der Waals surface area contributed by atoms with E-state index in [-0.39, 0.29) is 18.9 Å². The van der Waals surface area contributed by atoms with Crippen molar-refractivity contribution in [2.24, 2.45) is 0 Å². The smallest absolute Gasteiger partial charge is 0.251 e. The highest BCUT2D eigenvalue weighted by Gasteiger charge is 2.37. The maximum atomic E-state index is 11.6. The predicted molar refractivity (Wildman–Crippen MR) is 96.6 cm³/mol. The van der Waals surface area contributed by atoms with E-state index in [1.807, 2.05) is 36.4 Å². The minimum Gasteiger partial charge on any atom is -0.394 e. The molecule has 1 aliphatic heterocycles. The molecule has 3 unspecified atom stereocenters. The largest absolute Gasteiger partial charge is 0.394 e. The van der Waals surface area contributed by atoms with Crippen molar-refractivity contribution in [2.75, 3.05) is 13.7 Å². The Bertz CT molecular complexity index is 744. The number of hydrogen-bond acceptors (Lipinski definition) is 5. The summed E-state index contributed by atoms with van der Waals surface area (Å²) in [6.07, 6.45) is -2.92. The number of ether oxygens (including phenoxy) is 1. The van der Waals surface area contributed by atoms with E-state index in [2.05, 4.69) is 5.32 Å². The average Bonchev–Trinajstić information content (AvgIpc) is 2.69. The zero-order chi connectivity index (χ0) is 18.7. The van der Waals surface area contributed by atoms with Crippen LogP contribution in [0.1, 0.15) is 28.4 Å². The molecule has 1 fully saturated rings. The lowest BCUT2D eigenvalue weighted by Gasteiger charge is -2.36. The van der Waals surface area contributed by atoms with Gasteiger partial charge in [0.05, 0.1) is 18.8 Å². The molecule has 0 radical (unpaired) electrons. The Balaban J connectivity index is 1.78. The van der Waals surface area contributed by atoms with Gasteiger partial charge in [-0.2, -0.15) is 0 Å². The van der Waals surface area contributed by atoms with E-state index in [4.69, 9.17) is 4.74 Å². The summed E-state index contributed by atoms with van der Waals surface area (Å²) in [4.78, 5) is 11.6. The molecule has 0 bridgehead atoms. The topological polar surface area (TPSA) is 99.0 Å². The van der Waals surface area contributed by atoms with Crippen LogP contribution in [-0.4, -0.2) is 53.2 Å². The van der Waals surface area contributed by atoms with Crippen LogP contribution >= 0.6 is 0 Å². The van der Waals surface area contributed by atoms with Crippen LogP contribution in [0.5, 0.6) is 0 Å². The highest BCUT2D eigenvalue weighted by Crippen LogP contribution is 2.33. The first-order valence-electron chi connectivity index (χ1n) is 8.58. The first-order chi connectivity index (χ1) is 12.5. The fraction of sp³-hybridized carbons (Fsp3) is 0.350. The number of benzene rings is 2. The van der Waals surface area contributed by atoms with Gasteiger partial charge in [0.25, 0.3) is 5.91 Å². The molecule has 3 rings (SSSR count). The first-order valence-corrected chi connectivity index (χ1v) is 8.58. The van der Waals surface area contributed by atoms with E-state index in [9.17, 15) is 20.1 Å². The van der Waals surface area contributed by atoms with Gasteiger partial charge < -0.3 is 25.4 Å². The van der Waals surface area contributed by atoms with E-state index in [1.54, 1.807) is 19.2 Å². The van der Waals surface area contributed by atoms with Crippen LogP contribution in [0.15, 0.2) is 48.5 Å². The van der Waals surface area contributed by atoms with Crippen molar-refractivity contribution in [3.8, 4) is 11.1 Å². The highest BCUT2D eigenvalue weighted by atomic mass is 16.5. The molecular formula is C20H23NO5. The third-order valence-electron chi connectivity index (χ3n) is 4.70. The summed E-state index contributed by atoms with van der Waals surface area (Å²) >= 11 is 0. The molecule has 1 amide bonds. The van der Waals surface area contributed by atoms with Crippen molar-refractivity contribution in [1.82, 2.24) is 5.32 Å². The van der Waals surface area contributed by atoms with Gasteiger partial charge in [0.1, 0.15) is 12.2 Å². The molecule has 6 heteroatoms. The molecule has 138 valence electrons. The Kier molecular flexibility index (Phi) is 5.68. The Labute approximate surface area is 152 Å². The van der Waals surface area contributed by atoms with E-state index >= 15 is 0 Å². The molecule has 6 nitrogen and oxygen atoms in total. The molecule has 1 saturated heterocycles. The molecule has 2 aromatic rings. The SMILES string of the molecule is CNC(=O)c1ccc(-c2ccc([C@H]3OC(CO)CC(O)C3O)cc2)cc1. The summed E-state index contributed by atoms with van der Waals surface area (Å²) in [5.41, 5.74) is 3.25. The van der Waals surface area contributed by atoms with Crippen LogP contribution in [0.3, 0.4) is 0 Å². The lowest BCUT2D eigenvalue weighted by molar-refractivity contribution is -0.179. The number of carbonyl (C=O) groups excluding carboxylic acids is 1. The summed E-state index contributed by atoms with van der Waals surface area (Å²) in [6.45, 7) is -0.198. The molecule has 0 aromatic heterocycles. The number of aliphatic hydroxyl groups excluding tert-OH is 3. The predicted octanol–water partition coefficient (Wildman–Crippen LogP) is 1.26. The summed E-state index contributed by atoms with van der Waals surface area (Å²) in [5, 5.41) is 32.0. The van der Waals surface area contributed by atoms with Crippen LogP contribution in [0.4, 0.5) is 0 Å². The van der Waals surface area contributed by atoms with Crippen molar-refractivity contribution in [3.63, 3.8) is 0 Å². The number of rotatable bonds is 4. The number of aliphatic hydroxyl groups is 3. The monoisotopic (exact) mass is 357 g/mol. The summed E-state index contributed by atoms with van der Waals surface area (Å²) < 4.78 is 5.70. The van der Waals surface area contributed by atoms with Gasteiger partial charge in [0, 0.05) is 19.0 Å². The van der Waals surface area contributed by atoms with E-state index in [0.717, 1.165) is 16.7 Å². The number of amides is 1. The molecule has 1 heterocycles. The van der Waals surface area contributed by atoms with Gasteiger partial charge in [-0.1, -0.05) is 36.4 Å². The molecule has 4 atom stereocenters. The normalized spacial score (nSPS) is 25.7. The fourth-order valence-corrected chi connectivity index (χ4v) is 3.17. The Morgan fingerprint density at radius 1 is 1.08 bits per heavy atom. The van der Waals surface area contributed by atoms with Gasteiger partial charge in [0.15, 0.2) is 0 Å². The Morgan fingerprint density at radius 3 is 2.19 bits per heavy atom. The van der Waals surface area contributed by atoms with Gasteiger partial charge in [0.2, 0.25) is 0 Å². The fourth-order valence-electron chi connectivity index (χ4n) is 3.17. The number of carbonyl (C=O) groups is 1. The molecule has 4 N–H and O–H groups in total. The molecular weight excluding hydrogens is 334 g/mol. The van der Waals surface area contributed by atoms with Crippen LogP contribution < -0.4 is 5.32 Å². The van der Waals surface area contributed by atoms with Crippen molar-refractivity contribution in [1.29, 1.82) is 0 Å². The van der Waals surface area contributed by atoms with Gasteiger partial charge >= 0.3 is 0 Å². The first kappa shape index (κ1) is 18.5. The van der Waals surface area contributed by atoms with Gasteiger partial charge in [-0.3, -0.25) is 4.79 Å². The molecule has 0 saturated carbocycles. The van der Waals surface area contributed by atoms with Crippen LogP contribution in [0, 0.1) is 0 Å². The van der Waals surface area contributed by atoms with Crippen molar-refractivity contribution >= 4 is 5.91 Å². The second-order valence-corrected chi connectivity index (χ2v) is 6.43. The van der Waals surface area contributed by atoms with Crippen molar-refractivity contribution < 1.29 is 24.9 Å². The summed E-state index contributed by atoms with van der Waals surface area (Å²) in [7, 11) is 1.59.